The Kier molecular flexibility index (Phi) is 19.5. The van der Waals surface area contributed by atoms with E-state index in [0.717, 1.165) is 12.5 Å². The van der Waals surface area contributed by atoms with Crippen molar-refractivity contribution in [1.82, 2.24) is 5.32 Å². The maximum atomic E-state index is 3.39. The van der Waals surface area contributed by atoms with Crippen LogP contribution in [0.5, 0.6) is 0 Å². The van der Waals surface area contributed by atoms with Crippen LogP contribution in [0.25, 0.3) is 0 Å². The summed E-state index contributed by atoms with van der Waals surface area (Å²) in [6.45, 7) is 9.16. The second-order valence-electron chi connectivity index (χ2n) is 7.47. The van der Waals surface area contributed by atoms with Gasteiger partial charge in [0.05, 0.1) is 0 Å². The van der Waals surface area contributed by atoms with Gasteiger partial charge in [-0.25, -0.2) is 0 Å². The molecule has 0 aliphatic heterocycles. The minimum absolute atomic E-state index is 0.885. The number of nitrogens with one attached hydrogen (secondary N) is 1. The first kappa shape index (κ1) is 22.7. The molecule has 0 fully saturated rings. The first-order chi connectivity index (χ1) is 11.3. The lowest BCUT2D eigenvalue weighted by Gasteiger charge is -2.03. The molecule has 0 rings (SSSR count). The van der Waals surface area contributed by atoms with Gasteiger partial charge in [0.25, 0.3) is 0 Å². The third-order valence-electron chi connectivity index (χ3n) is 4.54. The number of hydrogen-bond acceptors (Lipinski definition) is 1. The van der Waals surface area contributed by atoms with Crippen LogP contribution < -0.4 is 5.32 Å². The van der Waals surface area contributed by atoms with E-state index < -0.39 is 0 Å². The van der Waals surface area contributed by atoms with Gasteiger partial charge in [-0.05, 0) is 51.1 Å². The molecule has 0 saturated heterocycles. The summed E-state index contributed by atoms with van der Waals surface area (Å²) >= 11 is 0. The Bertz CT molecular complexity index is 232. The van der Waals surface area contributed by atoms with Gasteiger partial charge in [0.2, 0.25) is 0 Å². The van der Waals surface area contributed by atoms with Gasteiger partial charge in [-0.2, -0.15) is 0 Å². The van der Waals surface area contributed by atoms with Gasteiger partial charge >= 0.3 is 0 Å². The van der Waals surface area contributed by atoms with Crippen molar-refractivity contribution in [3.63, 3.8) is 0 Å². The molecular formula is C22H45N. The van der Waals surface area contributed by atoms with E-state index in [1.54, 1.807) is 0 Å². The molecule has 0 bridgehead atoms. The lowest BCUT2D eigenvalue weighted by Crippen LogP contribution is -2.13. The lowest BCUT2D eigenvalue weighted by molar-refractivity contribution is 0.516. The summed E-state index contributed by atoms with van der Waals surface area (Å²) in [6, 6.07) is 0. The van der Waals surface area contributed by atoms with Crippen molar-refractivity contribution in [2.75, 3.05) is 13.1 Å². The highest BCUT2D eigenvalue weighted by Gasteiger charge is 1.94. The summed E-state index contributed by atoms with van der Waals surface area (Å²) in [7, 11) is 0. The Morgan fingerprint density at radius 2 is 1.13 bits per heavy atom. The van der Waals surface area contributed by atoms with Gasteiger partial charge in [0.1, 0.15) is 0 Å². The van der Waals surface area contributed by atoms with Crippen LogP contribution >= 0.6 is 0 Å². The highest BCUT2D eigenvalue weighted by molar-refractivity contribution is 4.81. The van der Waals surface area contributed by atoms with Gasteiger partial charge in [-0.15, -0.1) is 0 Å². The number of unbranched alkanes of at least 4 members (excludes halogenated alkanes) is 11. The van der Waals surface area contributed by atoms with Gasteiger partial charge in [-0.1, -0.05) is 90.7 Å². The summed E-state index contributed by atoms with van der Waals surface area (Å²) in [5, 5.41) is 3.39. The fraction of sp³-hybridized carbons (Fsp3) is 0.909. The Morgan fingerprint density at radius 1 is 0.652 bits per heavy atom. The van der Waals surface area contributed by atoms with Crippen molar-refractivity contribution in [1.29, 1.82) is 0 Å². The van der Waals surface area contributed by atoms with Crippen LogP contribution in [-0.4, -0.2) is 13.1 Å². The van der Waals surface area contributed by atoms with Crippen molar-refractivity contribution < 1.29 is 0 Å². The number of allylic oxidation sites excluding steroid dienone is 2. The first-order valence-electron chi connectivity index (χ1n) is 10.6. The molecule has 0 heterocycles. The van der Waals surface area contributed by atoms with Crippen LogP contribution in [0.2, 0.25) is 0 Å². The molecule has 23 heavy (non-hydrogen) atoms. The average molecular weight is 324 g/mol. The van der Waals surface area contributed by atoms with E-state index in [0.29, 0.717) is 0 Å². The van der Waals surface area contributed by atoms with Crippen molar-refractivity contribution in [3.05, 3.63) is 12.2 Å². The molecule has 1 heteroatoms. The smallest absolute Gasteiger partial charge is 0.00490 e. The zero-order valence-corrected chi connectivity index (χ0v) is 16.5. The van der Waals surface area contributed by atoms with Gasteiger partial charge in [0, 0.05) is 0 Å². The van der Waals surface area contributed by atoms with Gasteiger partial charge in [-0.3, -0.25) is 0 Å². The number of hydrogen-bond donors (Lipinski definition) is 1. The Balaban J connectivity index is 3.06. The topological polar surface area (TPSA) is 12.0 Å². The monoisotopic (exact) mass is 323 g/mol. The van der Waals surface area contributed by atoms with E-state index in [9.17, 15) is 0 Å². The highest BCUT2D eigenvalue weighted by Crippen LogP contribution is 2.12. The van der Waals surface area contributed by atoms with Crippen molar-refractivity contribution in [3.8, 4) is 0 Å². The minimum Gasteiger partial charge on any atom is -0.317 e. The summed E-state index contributed by atoms with van der Waals surface area (Å²) < 4.78 is 0. The van der Waals surface area contributed by atoms with Gasteiger partial charge < -0.3 is 5.32 Å². The summed E-state index contributed by atoms with van der Waals surface area (Å²) in [5.74, 6) is 0.885. The SMILES string of the molecule is CCNCCCCCCCCC=CCCCCCCCC(C)C. The molecule has 0 unspecified atom stereocenters. The Labute approximate surface area is 147 Å². The largest absolute Gasteiger partial charge is 0.317 e. The van der Waals surface area contributed by atoms with Gasteiger partial charge in [0.15, 0.2) is 0 Å². The van der Waals surface area contributed by atoms with Crippen LogP contribution in [-0.2, 0) is 0 Å². The maximum absolute atomic E-state index is 3.39. The zero-order valence-electron chi connectivity index (χ0n) is 16.5. The molecule has 0 amide bonds. The molecule has 0 aromatic rings. The number of rotatable bonds is 18. The fourth-order valence-corrected chi connectivity index (χ4v) is 2.98. The molecule has 0 spiro atoms. The summed E-state index contributed by atoms with van der Waals surface area (Å²) in [5.41, 5.74) is 0. The van der Waals surface area contributed by atoms with E-state index >= 15 is 0 Å². The fourth-order valence-electron chi connectivity index (χ4n) is 2.98. The third-order valence-corrected chi connectivity index (χ3v) is 4.54. The highest BCUT2D eigenvalue weighted by atomic mass is 14.8. The normalized spacial score (nSPS) is 11.8. The molecule has 0 saturated carbocycles. The molecule has 138 valence electrons. The molecule has 0 aliphatic rings. The predicted molar refractivity (Wildman–Crippen MR) is 107 cm³/mol. The average Bonchev–Trinajstić information content (AvgIpc) is 2.53. The molecule has 0 aromatic heterocycles. The maximum Gasteiger partial charge on any atom is -0.00490 e. The van der Waals surface area contributed by atoms with Crippen LogP contribution in [0.15, 0.2) is 12.2 Å². The molecule has 0 radical (unpaired) electrons. The van der Waals surface area contributed by atoms with E-state index in [1.807, 2.05) is 0 Å². The molecule has 1 nitrogen and oxygen atoms in total. The molecule has 1 N–H and O–H groups in total. The van der Waals surface area contributed by atoms with Crippen LogP contribution in [0.4, 0.5) is 0 Å². The van der Waals surface area contributed by atoms with E-state index in [4.69, 9.17) is 0 Å². The molecule has 0 aliphatic carbocycles. The van der Waals surface area contributed by atoms with Crippen LogP contribution in [0.3, 0.4) is 0 Å². The van der Waals surface area contributed by atoms with Crippen molar-refractivity contribution in [2.24, 2.45) is 5.92 Å². The van der Waals surface area contributed by atoms with Crippen molar-refractivity contribution in [2.45, 2.75) is 111 Å². The minimum atomic E-state index is 0.885. The Hall–Kier alpha value is -0.300. The van der Waals surface area contributed by atoms with E-state index in [1.165, 1.54) is 96.4 Å². The van der Waals surface area contributed by atoms with Crippen LogP contribution in [0, 0.1) is 5.92 Å². The first-order valence-corrected chi connectivity index (χ1v) is 10.6. The second-order valence-corrected chi connectivity index (χ2v) is 7.47. The molecular weight excluding hydrogens is 278 g/mol. The van der Waals surface area contributed by atoms with Crippen LogP contribution in [0.1, 0.15) is 111 Å². The summed E-state index contributed by atoms with van der Waals surface area (Å²) in [4.78, 5) is 0. The quantitative estimate of drug-likeness (QED) is 0.206. The van der Waals surface area contributed by atoms with Crippen molar-refractivity contribution >= 4 is 0 Å². The van der Waals surface area contributed by atoms with E-state index in [2.05, 4.69) is 38.2 Å². The molecule has 0 atom stereocenters. The predicted octanol–water partition coefficient (Wildman–Crippen LogP) is 7.27. The standard InChI is InChI=1S/C22H45N/c1-4-23-21-19-17-15-13-11-9-7-5-6-8-10-12-14-16-18-20-22(2)3/h5-6,22-23H,4,7-21H2,1-3H3. The zero-order chi connectivity index (χ0) is 17.0. The lowest BCUT2D eigenvalue weighted by atomic mass is 10.0. The second kappa shape index (κ2) is 19.7. The Morgan fingerprint density at radius 3 is 1.65 bits per heavy atom. The summed E-state index contributed by atoms with van der Waals surface area (Å²) in [6.07, 6.45) is 24.4. The molecule has 0 aromatic carbocycles. The van der Waals surface area contributed by atoms with E-state index in [-0.39, 0.29) is 0 Å². The third kappa shape index (κ3) is 21.7.